The number of fused-ring (bicyclic) bond motifs is 3. The number of aromatic hydroxyl groups is 1. The van der Waals surface area contributed by atoms with Gasteiger partial charge in [-0.15, -0.1) is 0 Å². The molecule has 8 N–H and O–H groups in total. The number of aliphatic hydroxyl groups is 1. The number of carbonyl (C=O) groups excluding carboxylic acids is 5. The maximum Gasteiger partial charge on any atom is 0.466 e. The molecular formula is C24H22F5N5O8S. The zero-order valence-electron chi connectivity index (χ0n) is 21.9. The number of aliphatic hydroxyl groups excluding tert-OH is 1. The van der Waals surface area contributed by atoms with Crippen molar-refractivity contribution in [1.29, 1.82) is 5.26 Å². The number of rotatable bonds is 5. The minimum absolute atomic E-state index is 0.668. The number of alkyl halides is 5. The van der Waals surface area contributed by atoms with Crippen LogP contribution in [0.2, 0.25) is 0 Å². The van der Waals surface area contributed by atoms with Crippen LogP contribution in [0.1, 0.15) is 22.0 Å². The van der Waals surface area contributed by atoms with E-state index >= 15 is 0 Å². The summed E-state index contributed by atoms with van der Waals surface area (Å²) >= 11 is -1.50. The van der Waals surface area contributed by atoms with Gasteiger partial charge in [-0.1, -0.05) is 12.1 Å². The van der Waals surface area contributed by atoms with Gasteiger partial charge in [0, 0.05) is 0 Å². The zero-order valence-corrected chi connectivity index (χ0v) is 22.7. The first kappa shape index (κ1) is 32.4. The second-order valence-electron chi connectivity index (χ2n) is 10.6. The van der Waals surface area contributed by atoms with Crippen LogP contribution >= 0.6 is 12.0 Å². The fourth-order valence-electron chi connectivity index (χ4n) is 6.41. The number of amides is 1. The summed E-state index contributed by atoms with van der Waals surface area (Å²) in [7, 11) is 2.24. The lowest BCUT2D eigenvalue weighted by molar-refractivity contribution is -0.240. The Morgan fingerprint density at radius 3 is 2.19 bits per heavy atom. The summed E-state index contributed by atoms with van der Waals surface area (Å²) in [6.45, 7) is 0. The van der Waals surface area contributed by atoms with E-state index in [9.17, 15) is 61.4 Å². The number of carbonyl (C=O) groups is 5. The SMILES string of the molecule is CN(C)[C@@H]1C(=O)C(C(N)=O)C(=O)[C@@]2(C#N)C(=O)C3C(=O)c4c(O)cccc4[C@H](OSC(F)(F)C(F)(F)F)[C@@]3(N)[C@H](O)[C@@]12N. The van der Waals surface area contributed by atoms with Crippen molar-refractivity contribution in [3.8, 4) is 11.8 Å². The van der Waals surface area contributed by atoms with E-state index in [2.05, 4.69) is 0 Å². The Morgan fingerprint density at radius 2 is 1.70 bits per heavy atom. The fraction of sp³-hybridized carbons (Fsp3) is 0.500. The van der Waals surface area contributed by atoms with Gasteiger partial charge in [-0.25, -0.2) is 0 Å². The van der Waals surface area contributed by atoms with Crippen LogP contribution in [-0.4, -0.2) is 92.9 Å². The molecule has 2 saturated carbocycles. The lowest BCUT2D eigenvalue weighted by Crippen LogP contribution is -2.91. The van der Waals surface area contributed by atoms with Crippen molar-refractivity contribution in [3.63, 3.8) is 0 Å². The topological polar surface area (TPSA) is 240 Å². The summed E-state index contributed by atoms with van der Waals surface area (Å²) in [5, 5.41) is 27.0. The Bertz CT molecular complexity index is 1520. The van der Waals surface area contributed by atoms with Crippen molar-refractivity contribution in [2.45, 2.75) is 40.8 Å². The molecule has 1 aromatic carbocycles. The van der Waals surface area contributed by atoms with Gasteiger partial charge in [0.25, 0.3) is 0 Å². The molecule has 2 unspecified atom stereocenters. The third-order valence-electron chi connectivity index (χ3n) is 8.21. The van der Waals surface area contributed by atoms with E-state index in [1.54, 1.807) is 0 Å². The largest absolute Gasteiger partial charge is 0.507 e. The number of hydrogen-bond donors (Lipinski definition) is 5. The molecule has 1 amide bonds. The summed E-state index contributed by atoms with van der Waals surface area (Å²) in [5.41, 5.74) is 6.83. The summed E-state index contributed by atoms with van der Waals surface area (Å²) < 4.78 is 71.9. The third-order valence-corrected chi connectivity index (χ3v) is 8.94. The summed E-state index contributed by atoms with van der Waals surface area (Å²) in [6.07, 6.45) is -11.5. The van der Waals surface area contributed by atoms with Crippen LogP contribution in [0.25, 0.3) is 0 Å². The molecule has 0 heterocycles. The molecule has 0 bridgehead atoms. The number of primary amides is 1. The Morgan fingerprint density at radius 1 is 1.12 bits per heavy atom. The normalized spacial score (nSPS) is 36.1. The summed E-state index contributed by atoms with van der Waals surface area (Å²) in [6, 6.07) is 1.99. The molecule has 0 aromatic heterocycles. The van der Waals surface area contributed by atoms with Crippen LogP contribution in [0.3, 0.4) is 0 Å². The van der Waals surface area contributed by atoms with Crippen molar-refractivity contribution in [2.24, 2.45) is 34.5 Å². The van der Waals surface area contributed by atoms with E-state index in [0.717, 1.165) is 37.2 Å². The van der Waals surface area contributed by atoms with Crippen LogP contribution in [0.4, 0.5) is 22.0 Å². The molecule has 19 heteroatoms. The van der Waals surface area contributed by atoms with Crippen molar-refractivity contribution < 1.29 is 60.3 Å². The highest BCUT2D eigenvalue weighted by molar-refractivity contribution is 7.95. The molecule has 43 heavy (non-hydrogen) atoms. The third kappa shape index (κ3) is 3.84. The molecular weight excluding hydrogens is 613 g/mol. The average molecular weight is 636 g/mol. The Hall–Kier alpha value is -3.54. The average Bonchev–Trinajstić information content (AvgIpc) is 2.86. The van der Waals surface area contributed by atoms with Gasteiger partial charge >= 0.3 is 11.4 Å². The fourth-order valence-corrected chi connectivity index (χ4v) is 6.99. The van der Waals surface area contributed by atoms with Gasteiger partial charge in [-0.05, 0) is 25.7 Å². The molecule has 0 saturated heterocycles. The molecule has 3 aliphatic rings. The first-order chi connectivity index (χ1) is 19.6. The van der Waals surface area contributed by atoms with Gasteiger partial charge in [-0.3, -0.25) is 33.1 Å². The highest BCUT2D eigenvalue weighted by Gasteiger charge is 2.83. The number of nitriles is 1. The van der Waals surface area contributed by atoms with Crippen LogP contribution in [0.5, 0.6) is 5.75 Å². The van der Waals surface area contributed by atoms with Gasteiger partial charge in [0.15, 0.2) is 34.5 Å². The predicted octanol–water partition coefficient (Wildman–Crippen LogP) is -0.902. The summed E-state index contributed by atoms with van der Waals surface area (Å²) in [4.78, 5) is 68.3. The van der Waals surface area contributed by atoms with Crippen LogP contribution in [-0.2, 0) is 23.4 Å². The molecule has 232 valence electrons. The number of phenols is 1. The van der Waals surface area contributed by atoms with Crippen molar-refractivity contribution in [3.05, 3.63) is 29.3 Å². The minimum Gasteiger partial charge on any atom is -0.507 e. The number of likely N-dealkylation sites (N-methyl/N-ethyl adjacent to an activating group) is 1. The Labute approximate surface area is 242 Å². The van der Waals surface area contributed by atoms with E-state index in [0.29, 0.717) is 0 Å². The highest BCUT2D eigenvalue weighted by atomic mass is 32.2. The van der Waals surface area contributed by atoms with E-state index in [-0.39, 0.29) is 0 Å². The number of halogens is 5. The quantitative estimate of drug-likeness (QED) is 0.150. The number of phenolic OH excluding ortho intramolecular Hbond substituents is 1. The molecule has 2 fully saturated rings. The van der Waals surface area contributed by atoms with Crippen molar-refractivity contribution in [1.82, 2.24) is 4.90 Å². The second kappa shape index (κ2) is 9.73. The van der Waals surface area contributed by atoms with Crippen molar-refractivity contribution >= 4 is 41.1 Å². The molecule has 1 aromatic rings. The number of Topliss-reactive ketones (excluding diaryl/α,β-unsaturated/α-hetero) is 4. The standard InChI is InChI=1S/C24H22F5N5O8S/c1-34(2)14-13(37)10(18(31)40)15(38)20(6-30)16(39)11-12(36)9-7(4-3-5-8(9)35)17(21(11,32)19(41)22(14,20)33)42-43-24(28,29)23(25,26)27/h3-5,10-11,14,17,19,35,41H,32-33H2,1-2H3,(H2,31,40)/t10?,11?,14-,17+,19+,20+,21-,22+/m1/s1. The van der Waals surface area contributed by atoms with Gasteiger partial charge in [-0.2, -0.15) is 27.2 Å². The number of ketones is 4. The van der Waals surface area contributed by atoms with E-state index in [4.69, 9.17) is 21.4 Å². The first-order valence-corrected chi connectivity index (χ1v) is 12.7. The molecule has 0 aliphatic heterocycles. The molecule has 13 nitrogen and oxygen atoms in total. The lowest BCUT2D eigenvalue weighted by Gasteiger charge is -2.64. The monoisotopic (exact) mass is 635 g/mol. The van der Waals surface area contributed by atoms with Crippen LogP contribution < -0.4 is 17.2 Å². The number of benzene rings is 1. The molecule has 4 rings (SSSR count). The second-order valence-corrected chi connectivity index (χ2v) is 11.5. The summed E-state index contributed by atoms with van der Waals surface area (Å²) in [5.74, 6) is -14.3. The van der Waals surface area contributed by atoms with Gasteiger partial charge in [0.1, 0.15) is 17.8 Å². The lowest BCUT2D eigenvalue weighted by atomic mass is 9.41. The van der Waals surface area contributed by atoms with Gasteiger partial charge in [0.05, 0.1) is 46.9 Å². The van der Waals surface area contributed by atoms with Crippen molar-refractivity contribution in [2.75, 3.05) is 14.1 Å². The van der Waals surface area contributed by atoms with Crippen LogP contribution in [0, 0.1) is 28.6 Å². The van der Waals surface area contributed by atoms with Gasteiger partial charge < -0.3 is 27.4 Å². The zero-order chi connectivity index (χ0) is 32.8. The highest BCUT2D eigenvalue weighted by Crippen LogP contribution is 2.60. The smallest absolute Gasteiger partial charge is 0.466 e. The maximum absolute atomic E-state index is 14.3. The molecule has 3 aliphatic carbocycles. The van der Waals surface area contributed by atoms with E-state index in [1.807, 2.05) is 0 Å². The van der Waals surface area contributed by atoms with Gasteiger partial charge in [0.2, 0.25) is 5.91 Å². The Balaban J connectivity index is 2.09. The minimum atomic E-state index is -6.20. The molecule has 0 radical (unpaired) electrons. The number of hydrogen-bond acceptors (Lipinski definition) is 13. The van der Waals surface area contributed by atoms with Crippen LogP contribution in [0.15, 0.2) is 18.2 Å². The molecule has 0 spiro atoms. The molecule has 8 atom stereocenters. The maximum atomic E-state index is 14.3. The van der Waals surface area contributed by atoms with E-state index < -0.39 is 116 Å². The van der Waals surface area contributed by atoms with E-state index in [1.165, 1.54) is 6.07 Å². The predicted molar refractivity (Wildman–Crippen MR) is 131 cm³/mol. The Kier molecular flexibility index (Phi) is 7.33. The first-order valence-electron chi connectivity index (χ1n) is 12.0. The number of nitrogens with zero attached hydrogens (tertiary/aromatic N) is 2. The number of nitrogens with two attached hydrogens (primary N) is 3.